The molecule has 1 aromatic heterocycles. The van der Waals surface area contributed by atoms with Gasteiger partial charge >= 0.3 is 0 Å². The molecule has 110 valence electrons. The molecule has 0 spiro atoms. The summed E-state index contributed by atoms with van der Waals surface area (Å²) < 4.78 is 1.78. The molecule has 2 rings (SSSR count). The molecule has 1 fully saturated rings. The maximum atomic E-state index is 12.1. The number of hydrogen-bond donors (Lipinski definition) is 1. The Hall–Kier alpha value is -0.780. The number of hydrogen-bond acceptors (Lipinski definition) is 3. The molecule has 0 aliphatic carbocycles. The van der Waals surface area contributed by atoms with Crippen LogP contribution >= 0.6 is 24.8 Å². The van der Waals surface area contributed by atoms with Gasteiger partial charge in [0.1, 0.15) is 6.54 Å². The van der Waals surface area contributed by atoms with E-state index >= 15 is 0 Å². The van der Waals surface area contributed by atoms with Gasteiger partial charge in [0.2, 0.25) is 5.91 Å². The quantitative estimate of drug-likeness (QED) is 0.892. The summed E-state index contributed by atoms with van der Waals surface area (Å²) in [5.74, 6) is 0.157. The Balaban J connectivity index is 0.00000162. The lowest BCUT2D eigenvalue weighted by Gasteiger charge is -2.32. The molecular weight excluding hydrogens is 287 g/mol. The summed E-state index contributed by atoms with van der Waals surface area (Å²) in [5, 5.41) is 7.65. The summed E-state index contributed by atoms with van der Waals surface area (Å²) in [4.78, 5) is 14.0. The highest BCUT2D eigenvalue weighted by atomic mass is 35.5. The van der Waals surface area contributed by atoms with Gasteiger partial charge in [-0.2, -0.15) is 5.10 Å². The SMILES string of the molecule is Cc1cc(C)n(CC(=O)N2CCNC(C)C2)n1.Cl.Cl. The Morgan fingerprint density at radius 2 is 2.16 bits per heavy atom. The molecule has 1 aliphatic heterocycles. The summed E-state index contributed by atoms with van der Waals surface area (Å²) in [7, 11) is 0. The summed E-state index contributed by atoms with van der Waals surface area (Å²) in [6, 6.07) is 2.38. The Morgan fingerprint density at radius 1 is 1.47 bits per heavy atom. The third kappa shape index (κ3) is 4.67. The van der Waals surface area contributed by atoms with Crippen molar-refractivity contribution in [2.24, 2.45) is 0 Å². The van der Waals surface area contributed by atoms with Crippen LogP contribution < -0.4 is 5.32 Å². The highest BCUT2D eigenvalue weighted by Crippen LogP contribution is 2.05. The molecule has 1 atom stereocenters. The average Bonchev–Trinajstić information content (AvgIpc) is 2.57. The number of amides is 1. The van der Waals surface area contributed by atoms with E-state index in [-0.39, 0.29) is 30.7 Å². The molecular formula is C12H22Cl2N4O. The number of rotatable bonds is 2. The minimum atomic E-state index is 0. The van der Waals surface area contributed by atoms with Crippen molar-refractivity contribution in [2.45, 2.75) is 33.4 Å². The van der Waals surface area contributed by atoms with Gasteiger partial charge in [0.25, 0.3) is 0 Å². The molecule has 1 saturated heterocycles. The fourth-order valence-corrected chi connectivity index (χ4v) is 2.22. The number of nitrogens with zero attached hydrogens (tertiary/aromatic N) is 3. The Morgan fingerprint density at radius 3 is 2.68 bits per heavy atom. The smallest absolute Gasteiger partial charge is 0.244 e. The second-order valence-electron chi connectivity index (χ2n) is 4.78. The van der Waals surface area contributed by atoms with E-state index in [2.05, 4.69) is 17.3 Å². The van der Waals surface area contributed by atoms with Crippen LogP contribution in [0.1, 0.15) is 18.3 Å². The van der Waals surface area contributed by atoms with Gasteiger partial charge in [0, 0.05) is 31.4 Å². The Kier molecular flexibility index (Phi) is 7.41. The summed E-state index contributed by atoms with van der Waals surface area (Å²) >= 11 is 0. The van der Waals surface area contributed by atoms with Gasteiger partial charge < -0.3 is 10.2 Å². The molecule has 19 heavy (non-hydrogen) atoms. The van der Waals surface area contributed by atoms with E-state index < -0.39 is 0 Å². The number of aryl methyl sites for hydroxylation is 2. The van der Waals surface area contributed by atoms with Crippen LogP contribution in [0.5, 0.6) is 0 Å². The topological polar surface area (TPSA) is 50.2 Å². The first-order chi connectivity index (χ1) is 8.06. The van der Waals surface area contributed by atoms with Crippen LogP contribution in [-0.4, -0.2) is 46.3 Å². The molecule has 1 amide bonds. The summed E-state index contributed by atoms with van der Waals surface area (Å²) in [6.07, 6.45) is 0. The molecule has 5 nitrogen and oxygen atoms in total. The minimum absolute atomic E-state index is 0. The third-order valence-corrected chi connectivity index (χ3v) is 3.11. The van der Waals surface area contributed by atoms with Gasteiger partial charge in [-0.25, -0.2) is 0 Å². The van der Waals surface area contributed by atoms with Crippen molar-refractivity contribution in [1.29, 1.82) is 0 Å². The lowest BCUT2D eigenvalue weighted by Crippen LogP contribution is -2.52. The normalized spacial score (nSPS) is 18.5. The maximum absolute atomic E-state index is 12.1. The first-order valence-electron chi connectivity index (χ1n) is 6.08. The zero-order valence-electron chi connectivity index (χ0n) is 11.5. The largest absolute Gasteiger partial charge is 0.338 e. The zero-order valence-corrected chi connectivity index (χ0v) is 13.2. The van der Waals surface area contributed by atoms with Crippen LogP contribution in [0.2, 0.25) is 0 Å². The Bertz CT molecular complexity index is 422. The highest BCUT2D eigenvalue weighted by molar-refractivity contribution is 5.85. The molecule has 0 saturated carbocycles. The first kappa shape index (κ1) is 18.2. The lowest BCUT2D eigenvalue weighted by molar-refractivity contribution is -0.133. The van der Waals surface area contributed by atoms with E-state index in [1.165, 1.54) is 0 Å². The second kappa shape index (κ2) is 7.72. The van der Waals surface area contributed by atoms with Crippen LogP contribution in [0, 0.1) is 13.8 Å². The first-order valence-corrected chi connectivity index (χ1v) is 6.08. The van der Waals surface area contributed by atoms with E-state index in [1.54, 1.807) is 4.68 Å². The molecule has 0 aromatic carbocycles. The number of piperazine rings is 1. The maximum Gasteiger partial charge on any atom is 0.244 e. The van der Waals surface area contributed by atoms with Crippen LogP contribution in [0.25, 0.3) is 0 Å². The van der Waals surface area contributed by atoms with Crippen LogP contribution in [0.4, 0.5) is 0 Å². The number of carbonyl (C=O) groups excluding carboxylic acids is 1. The Labute approximate surface area is 126 Å². The molecule has 1 aromatic rings. The van der Waals surface area contributed by atoms with E-state index in [0.717, 1.165) is 31.0 Å². The number of carbonyl (C=O) groups is 1. The van der Waals surface area contributed by atoms with Crippen molar-refractivity contribution >= 4 is 30.7 Å². The molecule has 0 bridgehead atoms. The van der Waals surface area contributed by atoms with Gasteiger partial charge in [-0.3, -0.25) is 9.48 Å². The lowest BCUT2D eigenvalue weighted by atomic mass is 10.2. The van der Waals surface area contributed by atoms with Crippen molar-refractivity contribution in [3.8, 4) is 0 Å². The van der Waals surface area contributed by atoms with Gasteiger partial charge in [-0.05, 0) is 26.8 Å². The fraction of sp³-hybridized carbons (Fsp3) is 0.667. The molecule has 1 unspecified atom stereocenters. The van der Waals surface area contributed by atoms with Crippen LogP contribution in [0.3, 0.4) is 0 Å². The summed E-state index contributed by atoms with van der Waals surface area (Å²) in [6.45, 7) is 8.84. The van der Waals surface area contributed by atoms with E-state index in [4.69, 9.17) is 0 Å². The molecule has 0 radical (unpaired) electrons. The molecule has 1 aliphatic rings. The number of halogens is 2. The van der Waals surface area contributed by atoms with Crippen molar-refractivity contribution in [3.63, 3.8) is 0 Å². The van der Waals surface area contributed by atoms with Crippen molar-refractivity contribution in [3.05, 3.63) is 17.5 Å². The van der Waals surface area contributed by atoms with Crippen molar-refractivity contribution in [2.75, 3.05) is 19.6 Å². The third-order valence-electron chi connectivity index (χ3n) is 3.11. The monoisotopic (exact) mass is 308 g/mol. The standard InChI is InChI=1S/C12H20N4O.2ClH/c1-9-6-11(3)16(14-9)8-12(17)15-5-4-13-10(2)7-15;;/h6,10,13H,4-5,7-8H2,1-3H3;2*1H. The van der Waals surface area contributed by atoms with Gasteiger partial charge in [-0.1, -0.05) is 0 Å². The van der Waals surface area contributed by atoms with Crippen molar-refractivity contribution < 1.29 is 4.79 Å². The number of nitrogens with one attached hydrogen (secondary N) is 1. The summed E-state index contributed by atoms with van der Waals surface area (Å²) in [5.41, 5.74) is 2.00. The molecule has 7 heteroatoms. The predicted octanol–water partition coefficient (Wildman–Crippen LogP) is 1.16. The highest BCUT2D eigenvalue weighted by Gasteiger charge is 2.21. The van der Waals surface area contributed by atoms with Crippen LogP contribution in [0.15, 0.2) is 6.07 Å². The van der Waals surface area contributed by atoms with Crippen LogP contribution in [-0.2, 0) is 11.3 Å². The van der Waals surface area contributed by atoms with Gasteiger partial charge in [-0.15, -0.1) is 24.8 Å². The zero-order chi connectivity index (χ0) is 12.4. The average molecular weight is 309 g/mol. The van der Waals surface area contributed by atoms with Gasteiger partial charge in [0.05, 0.1) is 5.69 Å². The van der Waals surface area contributed by atoms with E-state index in [9.17, 15) is 4.79 Å². The van der Waals surface area contributed by atoms with E-state index in [1.807, 2.05) is 24.8 Å². The molecule has 2 heterocycles. The van der Waals surface area contributed by atoms with E-state index in [0.29, 0.717) is 12.6 Å². The fourth-order valence-electron chi connectivity index (χ4n) is 2.22. The van der Waals surface area contributed by atoms with Crippen molar-refractivity contribution in [1.82, 2.24) is 20.0 Å². The number of aromatic nitrogens is 2. The van der Waals surface area contributed by atoms with Gasteiger partial charge in [0.15, 0.2) is 0 Å². The second-order valence-corrected chi connectivity index (χ2v) is 4.78. The minimum Gasteiger partial charge on any atom is -0.338 e. The molecule has 1 N–H and O–H groups in total. The predicted molar refractivity (Wildman–Crippen MR) is 80.2 cm³/mol.